The van der Waals surface area contributed by atoms with Crippen molar-refractivity contribution in [3.63, 3.8) is 0 Å². The Morgan fingerprint density at radius 1 is 1.38 bits per heavy atom. The molecule has 6 nitrogen and oxygen atoms in total. The van der Waals surface area contributed by atoms with Crippen LogP contribution in [0.15, 0.2) is 43.1 Å². The molecule has 6 heteroatoms. The number of methoxy groups -OCH3 is 1. The number of ether oxygens (including phenoxy) is 1. The van der Waals surface area contributed by atoms with Crippen LogP contribution in [0.2, 0.25) is 0 Å². The summed E-state index contributed by atoms with van der Waals surface area (Å²) in [5.41, 5.74) is 1.85. The van der Waals surface area contributed by atoms with E-state index in [1.165, 1.54) is 6.42 Å². The van der Waals surface area contributed by atoms with E-state index in [2.05, 4.69) is 22.5 Å². The molecule has 3 unspecified atom stereocenters. The maximum Gasteiger partial charge on any atom is 0.119 e. The molecule has 0 spiro atoms. The highest BCUT2D eigenvalue weighted by atomic mass is 16.5. The average Bonchev–Trinajstić information content (AvgIpc) is 2.73. The van der Waals surface area contributed by atoms with E-state index in [1.807, 2.05) is 24.3 Å². The lowest BCUT2D eigenvalue weighted by Crippen LogP contribution is -2.54. The molecule has 1 aromatic carbocycles. The molecule has 1 N–H and O–H groups in total. The van der Waals surface area contributed by atoms with Gasteiger partial charge in [0.25, 0.3) is 0 Å². The van der Waals surface area contributed by atoms with Crippen molar-refractivity contribution in [3.8, 4) is 5.75 Å². The lowest BCUT2D eigenvalue weighted by atomic mass is 9.73. The van der Waals surface area contributed by atoms with Gasteiger partial charge >= 0.3 is 0 Å². The van der Waals surface area contributed by atoms with E-state index in [1.54, 1.807) is 13.3 Å². The Balaban J connectivity index is 0.000000948. The van der Waals surface area contributed by atoms with Gasteiger partial charge in [0.15, 0.2) is 0 Å². The van der Waals surface area contributed by atoms with E-state index in [-0.39, 0.29) is 6.04 Å². The minimum Gasteiger partial charge on any atom is -0.497 e. The number of nitrogens with zero attached hydrogens (tertiary/aromatic N) is 4. The fourth-order valence-corrected chi connectivity index (χ4v) is 4.44. The highest BCUT2D eigenvalue weighted by molar-refractivity contribution is 5.83. The molecule has 2 aromatic rings. The van der Waals surface area contributed by atoms with Crippen molar-refractivity contribution < 1.29 is 9.84 Å². The van der Waals surface area contributed by atoms with E-state index in [9.17, 15) is 5.11 Å². The second kappa shape index (κ2) is 7.81. The van der Waals surface area contributed by atoms with Gasteiger partial charge in [0, 0.05) is 35.0 Å². The third-order valence-electron chi connectivity index (χ3n) is 5.82. The summed E-state index contributed by atoms with van der Waals surface area (Å²) < 4.78 is 5.35. The molecule has 0 radical (unpaired) electrons. The lowest BCUT2D eigenvalue weighted by Gasteiger charge is -2.50. The van der Waals surface area contributed by atoms with Gasteiger partial charge in [0.1, 0.15) is 5.75 Å². The van der Waals surface area contributed by atoms with Gasteiger partial charge in [-0.05, 0) is 61.1 Å². The molecular formula is C20H24N4O2. The number of aromatic nitrogens is 1. The van der Waals surface area contributed by atoms with Crippen molar-refractivity contribution >= 4 is 10.9 Å². The minimum absolute atomic E-state index is 0.178. The fraction of sp³-hybridized carbons (Fsp3) is 0.450. The largest absolute Gasteiger partial charge is 0.497 e. The molecule has 5 atom stereocenters. The third-order valence-corrected chi connectivity index (χ3v) is 5.82. The maximum atomic E-state index is 11.2. The number of piperidine rings is 3. The summed E-state index contributed by atoms with van der Waals surface area (Å²) in [6.07, 6.45) is 5.62. The van der Waals surface area contributed by atoms with Crippen LogP contribution in [-0.2, 0) is 0 Å². The second-order valence-corrected chi connectivity index (χ2v) is 6.97. The molecule has 0 amide bonds. The smallest absolute Gasteiger partial charge is 0.119 e. The van der Waals surface area contributed by atoms with Crippen LogP contribution in [0, 0.1) is 22.6 Å². The first-order chi connectivity index (χ1) is 12.7. The van der Waals surface area contributed by atoms with Crippen LogP contribution >= 0.6 is 0 Å². The first kappa shape index (κ1) is 18.3. The summed E-state index contributed by atoms with van der Waals surface area (Å²) in [4.78, 5) is 6.86. The van der Waals surface area contributed by atoms with E-state index in [4.69, 9.17) is 15.5 Å². The zero-order chi connectivity index (χ0) is 18.7. The summed E-state index contributed by atoms with van der Waals surface area (Å²) in [6.45, 7) is 6.07. The van der Waals surface area contributed by atoms with E-state index < -0.39 is 6.10 Å². The Hall–Kier alpha value is -2.49. The van der Waals surface area contributed by atoms with Crippen molar-refractivity contribution in [2.24, 2.45) is 11.8 Å². The lowest BCUT2D eigenvalue weighted by molar-refractivity contribution is -0.0444. The van der Waals surface area contributed by atoms with Gasteiger partial charge in [-0.15, -0.1) is 6.58 Å². The molecule has 3 saturated heterocycles. The maximum absolute atomic E-state index is 11.2. The van der Waals surface area contributed by atoms with E-state index in [0.29, 0.717) is 11.8 Å². The summed E-state index contributed by atoms with van der Waals surface area (Å²) in [5.74, 6) is 2.01. The molecular weight excluding hydrogens is 328 g/mol. The molecule has 4 heterocycles. The van der Waals surface area contributed by atoms with Crippen molar-refractivity contribution in [2.45, 2.75) is 25.0 Å². The molecule has 2 bridgehead atoms. The van der Waals surface area contributed by atoms with Gasteiger partial charge in [0.05, 0.1) is 18.7 Å². The van der Waals surface area contributed by atoms with Crippen LogP contribution in [0.4, 0.5) is 0 Å². The zero-order valence-corrected chi connectivity index (χ0v) is 15.0. The second-order valence-electron chi connectivity index (χ2n) is 6.97. The van der Waals surface area contributed by atoms with Crippen molar-refractivity contribution in [1.82, 2.24) is 9.88 Å². The van der Waals surface area contributed by atoms with Gasteiger partial charge in [-0.2, -0.15) is 0 Å². The number of benzene rings is 1. The summed E-state index contributed by atoms with van der Waals surface area (Å²) >= 11 is 0. The Morgan fingerprint density at radius 2 is 2.19 bits per heavy atom. The first-order valence-corrected chi connectivity index (χ1v) is 8.88. The van der Waals surface area contributed by atoms with Gasteiger partial charge in [-0.1, -0.05) is 6.08 Å². The van der Waals surface area contributed by atoms with Gasteiger partial charge < -0.3 is 9.84 Å². The first-order valence-electron chi connectivity index (χ1n) is 8.88. The van der Waals surface area contributed by atoms with Crippen LogP contribution < -0.4 is 4.74 Å². The standard InChI is InChI=1S/C20H24N2O2.N2/c1-3-13-12-22-9-7-14(13)10-19(22)20(23)16-6-8-21-18-5-4-15(24-2)11-17(16)18;1-2/h3-6,8,11,13-14,19-20,23H,1,7,9-10,12H2,2H3;/t13-,14?,19-,20?;/m1./s1. The Labute approximate surface area is 153 Å². The summed E-state index contributed by atoms with van der Waals surface area (Å²) in [7, 11) is 1.66. The van der Waals surface area contributed by atoms with Gasteiger partial charge in [-0.3, -0.25) is 9.88 Å². The van der Waals surface area contributed by atoms with Crippen molar-refractivity contribution in [3.05, 3.63) is 48.7 Å². The Kier molecular flexibility index (Phi) is 5.50. The topological polar surface area (TPSA) is 93.2 Å². The fourth-order valence-electron chi connectivity index (χ4n) is 4.44. The zero-order valence-electron chi connectivity index (χ0n) is 15.0. The number of fused-ring (bicyclic) bond motifs is 4. The van der Waals surface area contributed by atoms with E-state index in [0.717, 1.165) is 41.7 Å². The molecule has 5 rings (SSSR count). The van der Waals surface area contributed by atoms with Crippen LogP contribution in [0.25, 0.3) is 10.9 Å². The quantitative estimate of drug-likeness (QED) is 0.671. The third kappa shape index (κ3) is 3.16. The molecule has 26 heavy (non-hydrogen) atoms. The molecule has 3 fully saturated rings. The van der Waals surface area contributed by atoms with Crippen LogP contribution in [0.1, 0.15) is 24.5 Å². The summed E-state index contributed by atoms with van der Waals surface area (Å²) in [5, 5.41) is 24.1. The van der Waals surface area contributed by atoms with Crippen LogP contribution in [-0.4, -0.2) is 41.2 Å². The monoisotopic (exact) mass is 352 g/mol. The number of hydrogen-bond donors (Lipinski definition) is 1. The summed E-state index contributed by atoms with van der Waals surface area (Å²) in [6, 6.07) is 7.96. The highest BCUT2D eigenvalue weighted by Gasteiger charge is 2.42. The number of rotatable bonds is 4. The highest BCUT2D eigenvalue weighted by Crippen LogP contribution is 2.42. The molecule has 136 valence electrons. The number of aliphatic hydroxyl groups is 1. The van der Waals surface area contributed by atoms with Crippen LogP contribution in [0.5, 0.6) is 5.75 Å². The predicted molar refractivity (Wildman–Crippen MR) is 98.5 cm³/mol. The van der Waals surface area contributed by atoms with Gasteiger partial charge in [0.2, 0.25) is 0 Å². The van der Waals surface area contributed by atoms with Crippen LogP contribution in [0.3, 0.4) is 0 Å². The Bertz CT molecular complexity index is 807. The normalized spacial score (nSPS) is 28.0. The average molecular weight is 352 g/mol. The number of aliphatic hydroxyl groups excluding tert-OH is 1. The molecule has 0 aliphatic carbocycles. The van der Waals surface area contributed by atoms with Crippen molar-refractivity contribution in [2.75, 3.05) is 20.2 Å². The SMILES string of the molecule is C=C[C@@H]1CN2CCC1C[C@@H]2C(O)c1ccnc2ccc(OC)cc12.N#N. The van der Waals surface area contributed by atoms with Crippen molar-refractivity contribution in [1.29, 1.82) is 10.8 Å². The van der Waals surface area contributed by atoms with E-state index >= 15 is 0 Å². The number of hydrogen-bond acceptors (Lipinski definition) is 6. The predicted octanol–water partition coefficient (Wildman–Crippen LogP) is 3.20. The Morgan fingerprint density at radius 3 is 2.85 bits per heavy atom. The molecule has 0 saturated carbocycles. The number of pyridine rings is 1. The van der Waals surface area contributed by atoms with Gasteiger partial charge in [-0.25, -0.2) is 0 Å². The molecule has 3 aliphatic heterocycles. The molecule has 3 aliphatic rings. The molecule has 1 aromatic heterocycles. The minimum atomic E-state index is -0.504.